The Balaban J connectivity index is 1.63. The molecule has 4 nitrogen and oxygen atoms in total. The van der Waals surface area contributed by atoms with Crippen molar-refractivity contribution in [3.8, 4) is 0 Å². The summed E-state index contributed by atoms with van der Waals surface area (Å²) in [6.07, 6.45) is 6.42. The van der Waals surface area contributed by atoms with E-state index in [4.69, 9.17) is 0 Å². The van der Waals surface area contributed by atoms with Gasteiger partial charge in [-0.2, -0.15) is 0 Å². The monoisotopic (exact) mass is 416 g/mol. The third-order valence-electron chi connectivity index (χ3n) is 5.51. The molecule has 1 N–H and O–H groups in total. The first kappa shape index (κ1) is 20.8. The van der Waals surface area contributed by atoms with Crippen LogP contribution in [0.2, 0.25) is 0 Å². The van der Waals surface area contributed by atoms with E-state index in [-0.39, 0.29) is 11.8 Å². The number of nitrogens with one attached hydrogen (secondary N) is 1. The Bertz CT molecular complexity index is 1160. The van der Waals surface area contributed by atoms with Crippen molar-refractivity contribution < 1.29 is 14.0 Å². The number of fused-ring (bicyclic) bond motifs is 1. The molecule has 1 atom stereocenters. The second kappa shape index (κ2) is 9.13. The summed E-state index contributed by atoms with van der Waals surface area (Å²) in [4.78, 5) is 27.4. The van der Waals surface area contributed by atoms with Crippen molar-refractivity contribution in [1.29, 1.82) is 0 Å². The lowest BCUT2D eigenvalue weighted by Crippen LogP contribution is -2.52. The highest BCUT2D eigenvalue weighted by atomic mass is 19.1. The summed E-state index contributed by atoms with van der Waals surface area (Å²) in [5.74, 6) is -0.967. The average Bonchev–Trinajstić information content (AvgIpc) is 2.78. The zero-order valence-electron chi connectivity index (χ0n) is 17.5. The van der Waals surface area contributed by atoms with Gasteiger partial charge in [0, 0.05) is 18.7 Å². The molecule has 1 fully saturated rings. The fourth-order valence-corrected chi connectivity index (χ4v) is 3.95. The Morgan fingerprint density at radius 2 is 1.94 bits per heavy atom. The van der Waals surface area contributed by atoms with Crippen LogP contribution in [-0.4, -0.2) is 29.8 Å². The number of hydrogen-bond donors (Lipinski definition) is 1. The van der Waals surface area contributed by atoms with Crippen LogP contribution >= 0.6 is 0 Å². The molecule has 3 aromatic rings. The van der Waals surface area contributed by atoms with Crippen molar-refractivity contribution in [2.45, 2.75) is 25.8 Å². The summed E-state index contributed by atoms with van der Waals surface area (Å²) in [6, 6.07) is 16.7. The van der Waals surface area contributed by atoms with E-state index >= 15 is 0 Å². The van der Waals surface area contributed by atoms with Gasteiger partial charge in [0.15, 0.2) is 0 Å². The van der Waals surface area contributed by atoms with Gasteiger partial charge in [-0.05, 0) is 58.7 Å². The predicted octanol–water partition coefficient (Wildman–Crippen LogP) is 5.11. The van der Waals surface area contributed by atoms with Gasteiger partial charge in [-0.15, -0.1) is 0 Å². The van der Waals surface area contributed by atoms with Crippen molar-refractivity contribution >= 4 is 28.7 Å². The maximum Gasteiger partial charge on any atom is 0.254 e. The van der Waals surface area contributed by atoms with Gasteiger partial charge in [0.25, 0.3) is 5.91 Å². The van der Waals surface area contributed by atoms with Crippen molar-refractivity contribution in [1.82, 2.24) is 10.2 Å². The van der Waals surface area contributed by atoms with E-state index in [9.17, 15) is 14.0 Å². The molecule has 3 aromatic carbocycles. The van der Waals surface area contributed by atoms with Crippen LogP contribution in [0.15, 0.2) is 66.7 Å². The molecular weight excluding hydrogens is 391 g/mol. The number of amides is 2. The highest BCUT2D eigenvalue weighted by Gasteiger charge is 2.35. The number of benzene rings is 3. The Morgan fingerprint density at radius 3 is 2.74 bits per heavy atom. The highest BCUT2D eigenvalue weighted by molar-refractivity contribution is 6.01. The van der Waals surface area contributed by atoms with Crippen LogP contribution in [0.3, 0.4) is 0 Å². The van der Waals surface area contributed by atoms with Crippen LogP contribution in [0.5, 0.6) is 0 Å². The molecule has 1 aliphatic rings. The van der Waals surface area contributed by atoms with Gasteiger partial charge in [0.2, 0.25) is 5.91 Å². The molecule has 31 heavy (non-hydrogen) atoms. The second-order valence-electron chi connectivity index (χ2n) is 7.76. The number of hydrogen-bond acceptors (Lipinski definition) is 2. The van der Waals surface area contributed by atoms with Crippen LogP contribution in [-0.2, 0) is 4.79 Å². The zero-order valence-corrected chi connectivity index (χ0v) is 17.5. The van der Waals surface area contributed by atoms with Crippen LogP contribution in [0.1, 0.15) is 47.3 Å². The number of nitrogens with zero attached hydrogens (tertiary/aromatic N) is 1. The largest absolute Gasteiger partial charge is 0.352 e. The molecule has 0 aromatic heterocycles. The standard InChI is InChI=1S/C26H25FN2O2/c1-2-3-4-6-18-9-10-20-16-22(12-11-19(20)15-18)26(31)29-14-13-28-25(30)24(29)21-7-5-8-23(27)17-21/h4-12,15-17,24H,2-3,13-14H2,1H3,(H,28,30)/b6-4+. The molecule has 0 radical (unpaired) electrons. The lowest BCUT2D eigenvalue weighted by molar-refractivity contribution is -0.128. The number of carbonyl (C=O) groups excluding carboxylic acids is 2. The molecule has 5 heteroatoms. The summed E-state index contributed by atoms with van der Waals surface area (Å²) in [6.45, 7) is 2.89. The maximum absolute atomic E-state index is 13.8. The molecule has 1 saturated heterocycles. The third-order valence-corrected chi connectivity index (χ3v) is 5.51. The molecule has 158 valence electrons. The molecule has 1 unspecified atom stereocenters. The minimum absolute atomic E-state index is 0.238. The number of halogens is 1. The fraction of sp³-hybridized carbons (Fsp3) is 0.231. The Labute approximate surface area is 181 Å². The number of unbranched alkanes of at least 4 members (excludes halogenated alkanes) is 1. The van der Waals surface area contributed by atoms with Gasteiger partial charge in [-0.3, -0.25) is 9.59 Å². The summed E-state index contributed by atoms with van der Waals surface area (Å²) in [5, 5.41) is 4.79. The van der Waals surface area contributed by atoms with E-state index in [2.05, 4.69) is 30.5 Å². The zero-order chi connectivity index (χ0) is 21.8. The van der Waals surface area contributed by atoms with Gasteiger partial charge in [0.1, 0.15) is 11.9 Å². The lowest BCUT2D eigenvalue weighted by atomic mass is 9.99. The van der Waals surface area contributed by atoms with Crippen LogP contribution in [0.4, 0.5) is 4.39 Å². The van der Waals surface area contributed by atoms with Crippen LogP contribution in [0.25, 0.3) is 16.8 Å². The Morgan fingerprint density at radius 1 is 1.13 bits per heavy atom. The molecule has 0 bridgehead atoms. The smallest absolute Gasteiger partial charge is 0.254 e. The van der Waals surface area contributed by atoms with Crippen LogP contribution in [0, 0.1) is 5.82 Å². The highest BCUT2D eigenvalue weighted by Crippen LogP contribution is 2.27. The molecular formula is C26H25FN2O2. The summed E-state index contributed by atoms with van der Waals surface area (Å²) in [5.41, 5.74) is 2.10. The van der Waals surface area contributed by atoms with E-state index < -0.39 is 11.9 Å². The summed E-state index contributed by atoms with van der Waals surface area (Å²) < 4.78 is 13.8. The number of piperazine rings is 1. The maximum atomic E-state index is 13.8. The normalized spacial score (nSPS) is 16.6. The van der Waals surface area contributed by atoms with Gasteiger partial charge in [0.05, 0.1) is 0 Å². The third kappa shape index (κ3) is 4.50. The molecule has 4 rings (SSSR count). The fourth-order valence-electron chi connectivity index (χ4n) is 3.95. The minimum atomic E-state index is -0.848. The van der Waals surface area contributed by atoms with Gasteiger partial charge >= 0.3 is 0 Å². The summed E-state index contributed by atoms with van der Waals surface area (Å²) in [7, 11) is 0. The number of allylic oxidation sites excluding steroid dienone is 1. The molecule has 0 spiro atoms. The lowest BCUT2D eigenvalue weighted by Gasteiger charge is -2.35. The Hall–Kier alpha value is -3.47. The first-order valence-electron chi connectivity index (χ1n) is 10.6. The SMILES string of the molecule is CCC/C=C/c1ccc2cc(C(=O)N3CCNC(=O)C3c3cccc(F)c3)ccc2c1. The van der Waals surface area contributed by atoms with E-state index in [1.54, 1.807) is 18.2 Å². The topological polar surface area (TPSA) is 49.4 Å². The van der Waals surface area contributed by atoms with Crippen molar-refractivity contribution in [3.63, 3.8) is 0 Å². The van der Waals surface area contributed by atoms with Gasteiger partial charge in [-0.1, -0.05) is 55.8 Å². The minimum Gasteiger partial charge on any atom is -0.352 e. The average molecular weight is 416 g/mol. The molecule has 0 saturated carbocycles. The van der Waals surface area contributed by atoms with Crippen molar-refractivity contribution in [2.75, 3.05) is 13.1 Å². The molecule has 2 amide bonds. The quantitative estimate of drug-likeness (QED) is 0.629. The van der Waals surface area contributed by atoms with E-state index in [0.717, 1.165) is 29.2 Å². The first-order valence-corrected chi connectivity index (χ1v) is 10.6. The van der Waals surface area contributed by atoms with Gasteiger partial charge < -0.3 is 10.2 Å². The second-order valence-corrected chi connectivity index (χ2v) is 7.76. The molecule has 1 aliphatic heterocycles. The first-order chi connectivity index (χ1) is 15.1. The van der Waals surface area contributed by atoms with Crippen LogP contribution < -0.4 is 5.32 Å². The van der Waals surface area contributed by atoms with E-state index in [1.165, 1.54) is 17.0 Å². The molecule has 0 aliphatic carbocycles. The number of carbonyl (C=O) groups is 2. The van der Waals surface area contributed by atoms with E-state index in [0.29, 0.717) is 24.2 Å². The van der Waals surface area contributed by atoms with E-state index in [1.807, 2.05) is 24.3 Å². The summed E-state index contributed by atoms with van der Waals surface area (Å²) >= 11 is 0. The molecule has 1 heterocycles. The van der Waals surface area contributed by atoms with Crippen molar-refractivity contribution in [2.24, 2.45) is 0 Å². The van der Waals surface area contributed by atoms with Gasteiger partial charge in [-0.25, -0.2) is 4.39 Å². The van der Waals surface area contributed by atoms with Crippen molar-refractivity contribution in [3.05, 3.63) is 89.2 Å². The number of rotatable bonds is 5. The Kier molecular flexibility index (Phi) is 6.12. The predicted molar refractivity (Wildman–Crippen MR) is 121 cm³/mol.